The molecule has 0 saturated carbocycles. The topological polar surface area (TPSA) is 117 Å². The smallest absolute Gasteiger partial charge is 0.381 e. The van der Waals surface area contributed by atoms with E-state index in [-0.39, 0.29) is 24.7 Å². The van der Waals surface area contributed by atoms with Gasteiger partial charge in [-0.3, -0.25) is 14.4 Å². The first-order valence-corrected chi connectivity index (χ1v) is 7.59. The SMILES string of the molecule is CCOC(=O)CC(=O)Nc1nc(C)n(CC)c1C(=O)C(=O)OCC. The van der Waals surface area contributed by atoms with Crippen LogP contribution in [-0.2, 0) is 30.4 Å². The second-order valence-corrected chi connectivity index (χ2v) is 4.68. The first-order chi connectivity index (χ1) is 11.3. The predicted molar refractivity (Wildman–Crippen MR) is 83.5 cm³/mol. The Morgan fingerprint density at radius 2 is 1.71 bits per heavy atom. The highest BCUT2D eigenvalue weighted by Crippen LogP contribution is 2.19. The Morgan fingerprint density at radius 1 is 1.08 bits per heavy atom. The molecule has 1 amide bonds. The maximum Gasteiger partial charge on any atom is 0.381 e. The fraction of sp³-hybridized carbons (Fsp3) is 0.533. The Balaban J connectivity index is 3.07. The summed E-state index contributed by atoms with van der Waals surface area (Å²) < 4.78 is 10.9. The predicted octanol–water partition coefficient (Wildman–Crippen LogP) is 0.849. The molecule has 1 N–H and O–H groups in total. The lowest BCUT2D eigenvalue weighted by Crippen LogP contribution is -2.24. The summed E-state index contributed by atoms with van der Waals surface area (Å²) in [5.41, 5.74) is -0.0781. The Bertz CT molecular complexity index is 650. The van der Waals surface area contributed by atoms with Gasteiger partial charge in [-0.05, 0) is 27.7 Å². The molecule has 0 aromatic carbocycles. The number of nitrogens with zero attached hydrogens (tertiary/aromatic N) is 2. The molecule has 0 spiro atoms. The first kappa shape index (κ1) is 19.3. The molecule has 9 nitrogen and oxygen atoms in total. The molecule has 132 valence electrons. The van der Waals surface area contributed by atoms with Crippen molar-refractivity contribution in [1.82, 2.24) is 9.55 Å². The summed E-state index contributed by atoms with van der Waals surface area (Å²) in [6.07, 6.45) is -0.515. The summed E-state index contributed by atoms with van der Waals surface area (Å²) in [6.45, 7) is 7.17. The summed E-state index contributed by atoms with van der Waals surface area (Å²) in [6, 6.07) is 0. The Labute approximate surface area is 139 Å². The molecule has 0 aliphatic carbocycles. The molecule has 0 fully saturated rings. The largest absolute Gasteiger partial charge is 0.466 e. The van der Waals surface area contributed by atoms with Crippen molar-refractivity contribution in [2.75, 3.05) is 18.5 Å². The lowest BCUT2D eigenvalue weighted by molar-refractivity contribution is -0.145. The van der Waals surface area contributed by atoms with Crippen LogP contribution in [0.2, 0.25) is 0 Å². The number of esters is 2. The van der Waals surface area contributed by atoms with Gasteiger partial charge in [0.1, 0.15) is 17.9 Å². The van der Waals surface area contributed by atoms with Gasteiger partial charge in [0.15, 0.2) is 5.82 Å². The number of nitrogens with one attached hydrogen (secondary N) is 1. The number of Topliss-reactive ketones (excluding diaryl/α,β-unsaturated/α-hetero) is 1. The summed E-state index contributed by atoms with van der Waals surface area (Å²) in [7, 11) is 0. The number of hydrogen-bond acceptors (Lipinski definition) is 7. The highest BCUT2D eigenvalue weighted by Gasteiger charge is 2.28. The minimum Gasteiger partial charge on any atom is -0.466 e. The lowest BCUT2D eigenvalue weighted by Gasteiger charge is -2.08. The van der Waals surface area contributed by atoms with Crippen LogP contribution in [0.4, 0.5) is 5.82 Å². The molecule has 24 heavy (non-hydrogen) atoms. The number of hydrogen-bond donors (Lipinski definition) is 1. The van der Waals surface area contributed by atoms with E-state index in [4.69, 9.17) is 4.74 Å². The van der Waals surface area contributed by atoms with E-state index in [2.05, 4.69) is 15.0 Å². The van der Waals surface area contributed by atoms with E-state index in [1.165, 1.54) is 4.57 Å². The van der Waals surface area contributed by atoms with Gasteiger partial charge in [-0.25, -0.2) is 9.78 Å². The van der Waals surface area contributed by atoms with Crippen LogP contribution in [0.1, 0.15) is 43.5 Å². The van der Waals surface area contributed by atoms with E-state index < -0.39 is 30.0 Å². The van der Waals surface area contributed by atoms with Gasteiger partial charge in [0.2, 0.25) is 5.91 Å². The van der Waals surface area contributed by atoms with Crippen LogP contribution in [0.15, 0.2) is 0 Å². The second kappa shape index (κ2) is 8.80. The molecule has 0 unspecified atom stereocenters. The molecule has 1 aromatic rings. The van der Waals surface area contributed by atoms with Gasteiger partial charge >= 0.3 is 11.9 Å². The van der Waals surface area contributed by atoms with Gasteiger partial charge < -0.3 is 19.4 Å². The van der Waals surface area contributed by atoms with Crippen molar-refractivity contribution in [3.8, 4) is 0 Å². The van der Waals surface area contributed by atoms with Gasteiger partial charge in [-0.15, -0.1) is 0 Å². The van der Waals surface area contributed by atoms with Crippen LogP contribution >= 0.6 is 0 Å². The average Bonchev–Trinajstić information content (AvgIpc) is 2.81. The molecule has 0 bridgehead atoms. The maximum absolute atomic E-state index is 12.3. The zero-order valence-electron chi connectivity index (χ0n) is 14.2. The summed E-state index contributed by atoms with van der Waals surface area (Å²) in [5.74, 6) is -2.97. The molecule has 1 rings (SSSR count). The zero-order valence-corrected chi connectivity index (χ0v) is 14.2. The van der Waals surface area contributed by atoms with Crippen LogP contribution in [0.25, 0.3) is 0 Å². The van der Waals surface area contributed by atoms with Gasteiger partial charge in [-0.2, -0.15) is 0 Å². The monoisotopic (exact) mass is 339 g/mol. The second-order valence-electron chi connectivity index (χ2n) is 4.68. The van der Waals surface area contributed by atoms with Crippen LogP contribution in [0, 0.1) is 6.92 Å². The molecular weight excluding hydrogens is 318 g/mol. The van der Waals surface area contributed by atoms with E-state index in [0.29, 0.717) is 12.4 Å². The van der Waals surface area contributed by atoms with Crippen LogP contribution in [-0.4, -0.2) is 46.4 Å². The van der Waals surface area contributed by atoms with Crippen molar-refractivity contribution in [3.63, 3.8) is 0 Å². The van der Waals surface area contributed by atoms with E-state index in [0.717, 1.165) is 0 Å². The quantitative estimate of drug-likeness (QED) is 0.323. The summed E-state index contributed by atoms with van der Waals surface area (Å²) in [4.78, 5) is 51.3. The van der Waals surface area contributed by atoms with Crippen LogP contribution < -0.4 is 5.32 Å². The number of rotatable bonds is 8. The van der Waals surface area contributed by atoms with E-state index in [9.17, 15) is 19.2 Å². The molecule has 0 aliphatic heterocycles. The molecule has 9 heteroatoms. The standard InChI is InChI=1S/C15H21N3O6/c1-5-18-9(4)16-14(12(18)13(21)15(22)24-7-3)17-10(19)8-11(20)23-6-2/h5-8H2,1-4H3,(H,17,19). The number of carbonyl (C=O) groups excluding carboxylic acids is 4. The minimum absolute atomic E-state index is 0.0500. The fourth-order valence-corrected chi connectivity index (χ4v) is 2.08. The Hall–Kier alpha value is -2.71. The van der Waals surface area contributed by atoms with Crippen molar-refractivity contribution in [2.45, 2.75) is 40.7 Å². The minimum atomic E-state index is -1.03. The van der Waals surface area contributed by atoms with Crippen molar-refractivity contribution in [2.24, 2.45) is 0 Å². The van der Waals surface area contributed by atoms with E-state index in [1.54, 1.807) is 27.7 Å². The molecule has 0 atom stereocenters. The maximum atomic E-state index is 12.3. The average molecular weight is 339 g/mol. The highest BCUT2D eigenvalue weighted by atomic mass is 16.5. The number of amides is 1. The molecule has 0 radical (unpaired) electrons. The molecule has 0 saturated heterocycles. The molecule has 1 heterocycles. The van der Waals surface area contributed by atoms with E-state index >= 15 is 0 Å². The highest BCUT2D eigenvalue weighted by molar-refractivity contribution is 6.41. The lowest BCUT2D eigenvalue weighted by atomic mass is 10.2. The number of aromatic nitrogens is 2. The zero-order chi connectivity index (χ0) is 18.3. The van der Waals surface area contributed by atoms with Gasteiger partial charge in [0.05, 0.1) is 13.2 Å². The summed E-state index contributed by atoms with van der Waals surface area (Å²) >= 11 is 0. The third-order valence-electron chi connectivity index (χ3n) is 3.02. The fourth-order valence-electron chi connectivity index (χ4n) is 2.08. The normalized spacial score (nSPS) is 10.2. The van der Waals surface area contributed by atoms with E-state index in [1.807, 2.05) is 0 Å². The number of ether oxygens (including phenoxy) is 2. The Morgan fingerprint density at radius 3 is 2.25 bits per heavy atom. The number of ketones is 1. The number of imidazole rings is 1. The molecule has 1 aromatic heterocycles. The van der Waals surface area contributed by atoms with Crippen LogP contribution in [0.5, 0.6) is 0 Å². The van der Waals surface area contributed by atoms with Gasteiger partial charge in [0.25, 0.3) is 5.78 Å². The summed E-state index contributed by atoms with van der Waals surface area (Å²) in [5, 5.41) is 2.37. The number of carbonyl (C=O) groups is 4. The van der Waals surface area contributed by atoms with Crippen molar-refractivity contribution < 1.29 is 28.7 Å². The van der Waals surface area contributed by atoms with Gasteiger partial charge in [0, 0.05) is 6.54 Å². The van der Waals surface area contributed by atoms with Gasteiger partial charge in [-0.1, -0.05) is 0 Å². The molecular formula is C15H21N3O6. The first-order valence-electron chi connectivity index (χ1n) is 7.59. The van der Waals surface area contributed by atoms with Crippen molar-refractivity contribution in [1.29, 1.82) is 0 Å². The van der Waals surface area contributed by atoms with Crippen LogP contribution in [0.3, 0.4) is 0 Å². The number of anilines is 1. The Kier molecular flexibility index (Phi) is 7.09. The molecule has 0 aliphatic rings. The number of aryl methyl sites for hydroxylation is 1. The van der Waals surface area contributed by atoms with Crippen molar-refractivity contribution in [3.05, 3.63) is 11.5 Å². The third-order valence-corrected chi connectivity index (χ3v) is 3.02. The van der Waals surface area contributed by atoms with Crippen molar-refractivity contribution >= 4 is 29.4 Å². The third kappa shape index (κ3) is 4.64.